The molecule has 88 valence electrons. The number of hydrogen-bond acceptors (Lipinski definition) is 1. The van der Waals surface area contributed by atoms with Gasteiger partial charge in [-0.15, -0.1) is 0 Å². The van der Waals surface area contributed by atoms with Crippen molar-refractivity contribution in [3.05, 3.63) is 34.1 Å². The lowest BCUT2D eigenvalue weighted by atomic mass is 10.1. The quantitative estimate of drug-likeness (QED) is 0.592. The van der Waals surface area contributed by atoms with Crippen molar-refractivity contribution in [1.29, 1.82) is 0 Å². The lowest BCUT2D eigenvalue weighted by molar-refractivity contribution is -0.134. The van der Waals surface area contributed by atoms with E-state index in [1.807, 2.05) is 0 Å². The lowest BCUT2D eigenvalue weighted by Gasteiger charge is -2.08. The summed E-state index contributed by atoms with van der Waals surface area (Å²) in [5.74, 6) is -0.980. The zero-order valence-electron chi connectivity index (χ0n) is 7.94. The maximum atomic E-state index is 13.4. The van der Waals surface area contributed by atoms with Gasteiger partial charge in [0.25, 0.3) is 0 Å². The van der Waals surface area contributed by atoms with Gasteiger partial charge in [0.1, 0.15) is 5.82 Å². The molecule has 0 heterocycles. The normalized spacial score (nSPS) is 11.6. The fraction of sp³-hybridized carbons (Fsp3) is 0.300. The second kappa shape index (κ2) is 4.82. The number of aryl methyl sites for hydroxylation is 1. The van der Waals surface area contributed by atoms with E-state index in [9.17, 15) is 22.4 Å². The zero-order chi connectivity index (χ0) is 12.3. The molecule has 0 saturated heterocycles. The van der Waals surface area contributed by atoms with Crippen molar-refractivity contribution >= 4 is 17.9 Å². The minimum Gasteiger partial charge on any atom is -0.298 e. The molecule has 0 N–H and O–H groups in total. The van der Waals surface area contributed by atoms with Crippen LogP contribution in [-0.2, 0) is 6.42 Å². The van der Waals surface area contributed by atoms with Crippen LogP contribution in [0.3, 0.4) is 0 Å². The van der Waals surface area contributed by atoms with Crippen LogP contribution in [0.4, 0.5) is 17.6 Å². The van der Waals surface area contributed by atoms with Gasteiger partial charge in [0, 0.05) is 6.42 Å². The van der Waals surface area contributed by atoms with E-state index in [2.05, 4.69) is 0 Å². The van der Waals surface area contributed by atoms with Crippen molar-refractivity contribution in [2.45, 2.75) is 19.0 Å². The highest BCUT2D eigenvalue weighted by atomic mass is 35.5. The Kier molecular flexibility index (Phi) is 3.91. The summed E-state index contributed by atoms with van der Waals surface area (Å²) in [4.78, 5) is 10.5. The average Bonchev–Trinajstić information content (AvgIpc) is 2.16. The number of hydrogen-bond donors (Lipinski definition) is 0. The number of aldehydes is 1. The second-order valence-corrected chi connectivity index (χ2v) is 3.57. The van der Waals surface area contributed by atoms with Gasteiger partial charge in [-0.3, -0.25) is 4.79 Å². The maximum absolute atomic E-state index is 13.4. The summed E-state index contributed by atoms with van der Waals surface area (Å²) < 4.78 is 49.2. The van der Waals surface area contributed by atoms with Gasteiger partial charge in [0.05, 0.1) is 10.6 Å². The molecule has 0 bridgehead atoms. The van der Waals surface area contributed by atoms with Crippen LogP contribution in [0.15, 0.2) is 12.1 Å². The number of carbonyl (C=O) groups is 1. The van der Waals surface area contributed by atoms with E-state index in [-0.39, 0.29) is 16.9 Å². The molecule has 1 aromatic rings. The van der Waals surface area contributed by atoms with Crippen molar-refractivity contribution in [2.75, 3.05) is 0 Å². The maximum Gasteiger partial charge on any atom is 0.389 e. The van der Waals surface area contributed by atoms with E-state index >= 15 is 0 Å². The first kappa shape index (κ1) is 13.0. The largest absolute Gasteiger partial charge is 0.389 e. The first-order chi connectivity index (χ1) is 7.35. The minimum atomic E-state index is -4.35. The Morgan fingerprint density at radius 2 is 1.94 bits per heavy atom. The second-order valence-electron chi connectivity index (χ2n) is 3.17. The van der Waals surface area contributed by atoms with Gasteiger partial charge in [-0.1, -0.05) is 17.7 Å². The molecule has 1 aromatic carbocycles. The summed E-state index contributed by atoms with van der Waals surface area (Å²) in [6.07, 6.45) is -5.81. The van der Waals surface area contributed by atoms with Crippen LogP contribution in [0.5, 0.6) is 0 Å². The molecule has 0 spiro atoms. The van der Waals surface area contributed by atoms with Gasteiger partial charge >= 0.3 is 6.18 Å². The Morgan fingerprint density at radius 3 is 2.44 bits per heavy atom. The van der Waals surface area contributed by atoms with Crippen molar-refractivity contribution in [3.63, 3.8) is 0 Å². The van der Waals surface area contributed by atoms with Gasteiger partial charge in [-0.05, 0) is 18.1 Å². The van der Waals surface area contributed by atoms with Crippen LogP contribution in [0.25, 0.3) is 0 Å². The highest BCUT2D eigenvalue weighted by Gasteiger charge is 2.27. The first-order valence-electron chi connectivity index (χ1n) is 4.34. The van der Waals surface area contributed by atoms with Crippen molar-refractivity contribution in [1.82, 2.24) is 0 Å². The molecule has 0 radical (unpaired) electrons. The molecule has 0 atom stereocenters. The molecule has 0 aliphatic carbocycles. The third-order valence-electron chi connectivity index (χ3n) is 2.00. The summed E-state index contributed by atoms with van der Waals surface area (Å²) in [5, 5.41) is -0.108. The van der Waals surface area contributed by atoms with E-state index in [1.165, 1.54) is 6.07 Å². The van der Waals surface area contributed by atoms with Crippen molar-refractivity contribution < 1.29 is 22.4 Å². The number of benzene rings is 1. The van der Waals surface area contributed by atoms with E-state index in [4.69, 9.17) is 11.6 Å². The Morgan fingerprint density at radius 1 is 1.31 bits per heavy atom. The molecule has 0 aromatic heterocycles. The summed E-state index contributed by atoms with van der Waals surface area (Å²) in [7, 11) is 0. The summed E-state index contributed by atoms with van der Waals surface area (Å²) >= 11 is 5.50. The van der Waals surface area contributed by atoms with E-state index in [0.717, 1.165) is 6.07 Å². The molecule has 6 heteroatoms. The summed E-state index contributed by atoms with van der Waals surface area (Å²) in [6.45, 7) is 0. The molecular weight excluding hydrogens is 248 g/mol. The third kappa shape index (κ3) is 3.20. The SMILES string of the molecule is O=Cc1c(Cl)ccc(CCC(F)(F)F)c1F. The van der Waals surface area contributed by atoms with E-state index < -0.39 is 30.4 Å². The van der Waals surface area contributed by atoms with Crippen LogP contribution in [0.2, 0.25) is 5.02 Å². The molecule has 0 aliphatic rings. The van der Waals surface area contributed by atoms with Gasteiger partial charge in [0.15, 0.2) is 6.29 Å². The molecule has 0 aliphatic heterocycles. The zero-order valence-corrected chi connectivity index (χ0v) is 8.70. The number of rotatable bonds is 3. The predicted octanol–water partition coefficient (Wildman–Crippen LogP) is 3.79. The standard InChI is InChI=1S/C10H7ClF4O/c11-8-2-1-6(3-4-10(13,14)15)9(12)7(8)5-16/h1-2,5H,3-4H2. The summed E-state index contributed by atoms with van der Waals surface area (Å²) in [5.41, 5.74) is -0.565. The molecule has 16 heavy (non-hydrogen) atoms. The smallest absolute Gasteiger partial charge is 0.298 e. The van der Waals surface area contributed by atoms with Crippen molar-refractivity contribution in [3.8, 4) is 0 Å². The van der Waals surface area contributed by atoms with Gasteiger partial charge in [-0.25, -0.2) is 4.39 Å². The Labute approximate surface area is 94.0 Å². The molecule has 0 amide bonds. The molecular formula is C10H7ClF4O. The lowest BCUT2D eigenvalue weighted by Crippen LogP contribution is -2.09. The number of alkyl halides is 3. The van der Waals surface area contributed by atoms with Crippen molar-refractivity contribution in [2.24, 2.45) is 0 Å². The molecule has 1 nitrogen and oxygen atoms in total. The fourth-order valence-corrected chi connectivity index (χ4v) is 1.38. The van der Waals surface area contributed by atoms with Gasteiger partial charge < -0.3 is 0 Å². The molecule has 1 rings (SSSR count). The topological polar surface area (TPSA) is 17.1 Å². The highest BCUT2D eigenvalue weighted by Crippen LogP contribution is 2.26. The first-order valence-corrected chi connectivity index (χ1v) is 4.72. The fourth-order valence-electron chi connectivity index (χ4n) is 1.19. The van der Waals surface area contributed by atoms with Crippen LogP contribution >= 0.6 is 11.6 Å². The Bertz CT molecular complexity index is 401. The molecule has 0 fully saturated rings. The van der Waals surface area contributed by atoms with Crippen LogP contribution in [-0.4, -0.2) is 12.5 Å². The van der Waals surface area contributed by atoms with Crippen LogP contribution < -0.4 is 0 Å². The van der Waals surface area contributed by atoms with Gasteiger partial charge in [-0.2, -0.15) is 13.2 Å². The predicted molar refractivity (Wildman–Crippen MR) is 51.2 cm³/mol. The monoisotopic (exact) mass is 254 g/mol. The minimum absolute atomic E-state index is 0.108. The number of halogens is 5. The van der Waals surface area contributed by atoms with Crippen LogP contribution in [0, 0.1) is 5.82 Å². The average molecular weight is 255 g/mol. The van der Waals surface area contributed by atoms with Crippen LogP contribution in [0.1, 0.15) is 22.3 Å². The molecule has 0 saturated carbocycles. The van der Waals surface area contributed by atoms with E-state index in [1.54, 1.807) is 0 Å². The highest BCUT2D eigenvalue weighted by molar-refractivity contribution is 6.33. The third-order valence-corrected chi connectivity index (χ3v) is 2.33. The summed E-state index contributed by atoms with van der Waals surface area (Å²) in [6, 6.07) is 2.36. The Hall–Kier alpha value is -1.10. The van der Waals surface area contributed by atoms with Gasteiger partial charge in [0.2, 0.25) is 0 Å². The Balaban J connectivity index is 2.94. The number of carbonyl (C=O) groups excluding carboxylic acids is 1. The molecule has 0 unspecified atom stereocenters. The van der Waals surface area contributed by atoms with E-state index in [0.29, 0.717) is 0 Å².